The molecule has 3 N–H and O–H groups in total. The number of nitrogens with one attached hydrogen (secondary N) is 1. The molecule has 0 spiro atoms. The van der Waals surface area contributed by atoms with Crippen LogP contribution in [0, 0.1) is 5.82 Å². The van der Waals surface area contributed by atoms with Gasteiger partial charge >= 0.3 is 6.18 Å². The summed E-state index contributed by atoms with van der Waals surface area (Å²) in [6, 6.07) is 2.61. The van der Waals surface area contributed by atoms with Gasteiger partial charge in [-0.1, -0.05) is 6.07 Å². The molecule has 24 heavy (non-hydrogen) atoms. The predicted molar refractivity (Wildman–Crippen MR) is 78.5 cm³/mol. The van der Waals surface area contributed by atoms with E-state index < -0.39 is 23.1 Å². The summed E-state index contributed by atoms with van der Waals surface area (Å²) in [4.78, 5) is 20.0. The quantitative estimate of drug-likeness (QED) is 0.820. The highest BCUT2D eigenvalue weighted by molar-refractivity contribution is 5.31. The molecular weight excluding hydrogens is 328 g/mol. The summed E-state index contributed by atoms with van der Waals surface area (Å²) in [5.74, 6) is -0.920. The highest BCUT2D eigenvalue weighted by Gasteiger charge is 2.34. The van der Waals surface area contributed by atoms with Crippen molar-refractivity contribution in [1.82, 2.24) is 14.9 Å². The van der Waals surface area contributed by atoms with Gasteiger partial charge in [-0.05, 0) is 17.7 Å². The molecule has 0 radical (unpaired) electrons. The molecule has 0 saturated carbocycles. The van der Waals surface area contributed by atoms with Crippen LogP contribution in [0.5, 0.6) is 0 Å². The fourth-order valence-electron chi connectivity index (χ4n) is 2.83. The van der Waals surface area contributed by atoms with Gasteiger partial charge in [0.2, 0.25) is 5.95 Å². The molecule has 1 aromatic heterocycles. The minimum Gasteiger partial charge on any atom is -0.369 e. The van der Waals surface area contributed by atoms with E-state index in [0.29, 0.717) is 30.3 Å². The minimum absolute atomic E-state index is 0.0186. The maximum Gasteiger partial charge on any atom is 0.416 e. The highest BCUT2D eigenvalue weighted by Crippen LogP contribution is 2.33. The van der Waals surface area contributed by atoms with Gasteiger partial charge in [0.15, 0.2) is 0 Å². The summed E-state index contributed by atoms with van der Waals surface area (Å²) in [7, 11) is 0. The molecule has 0 unspecified atom stereocenters. The molecule has 0 amide bonds. The lowest BCUT2D eigenvalue weighted by molar-refractivity contribution is -0.138. The Balaban J connectivity index is 1.87. The molecule has 1 aliphatic heterocycles. The second-order valence-corrected chi connectivity index (χ2v) is 5.64. The lowest BCUT2D eigenvalue weighted by atomic mass is 10.0. The van der Waals surface area contributed by atoms with Crippen molar-refractivity contribution in [3.05, 3.63) is 56.8 Å². The number of H-pyrrole nitrogens is 1. The van der Waals surface area contributed by atoms with Gasteiger partial charge in [-0.3, -0.25) is 14.7 Å². The monoisotopic (exact) mass is 342 g/mol. The van der Waals surface area contributed by atoms with Crippen LogP contribution in [0.4, 0.5) is 23.5 Å². The van der Waals surface area contributed by atoms with Crippen molar-refractivity contribution < 1.29 is 17.6 Å². The molecule has 0 aliphatic carbocycles. The van der Waals surface area contributed by atoms with Crippen LogP contribution < -0.4 is 11.3 Å². The van der Waals surface area contributed by atoms with Crippen LogP contribution in [0.3, 0.4) is 0 Å². The molecule has 9 heteroatoms. The van der Waals surface area contributed by atoms with Crippen LogP contribution in [-0.2, 0) is 25.7 Å². The van der Waals surface area contributed by atoms with E-state index in [9.17, 15) is 22.4 Å². The van der Waals surface area contributed by atoms with Gasteiger partial charge in [0.1, 0.15) is 5.82 Å². The van der Waals surface area contributed by atoms with Crippen molar-refractivity contribution in [2.45, 2.75) is 25.7 Å². The number of aromatic amines is 1. The lowest BCUT2D eigenvalue weighted by Gasteiger charge is -2.28. The van der Waals surface area contributed by atoms with E-state index in [1.807, 2.05) is 0 Å². The average molecular weight is 342 g/mol. The zero-order chi connectivity index (χ0) is 17.5. The number of halogens is 4. The van der Waals surface area contributed by atoms with Crippen molar-refractivity contribution >= 4 is 5.95 Å². The number of anilines is 1. The first-order chi connectivity index (χ1) is 11.2. The summed E-state index contributed by atoms with van der Waals surface area (Å²) >= 11 is 0. The number of nitrogen functional groups attached to an aromatic ring is 1. The first-order valence-corrected chi connectivity index (χ1v) is 7.19. The second-order valence-electron chi connectivity index (χ2n) is 5.64. The molecule has 5 nitrogen and oxygen atoms in total. The summed E-state index contributed by atoms with van der Waals surface area (Å²) in [5, 5.41) is 0. The lowest BCUT2D eigenvalue weighted by Crippen LogP contribution is -2.36. The molecule has 128 valence electrons. The van der Waals surface area contributed by atoms with E-state index in [0.717, 1.165) is 12.1 Å². The van der Waals surface area contributed by atoms with Crippen molar-refractivity contribution in [2.24, 2.45) is 0 Å². The number of nitrogens with two attached hydrogens (primary N) is 1. The smallest absolute Gasteiger partial charge is 0.369 e. The maximum atomic E-state index is 13.2. The van der Waals surface area contributed by atoms with Crippen LogP contribution in [-0.4, -0.2) is 21.4 Å². The van der Waals surface area contributed by atoms with E-state index in [2.05, 4.69) is 9.97 Å². The number of fused-ring (bicyclic) bond motifs is 1. The first-order valence-electron chi connectivity index (χ1n) is 7.19. The summed E-state index contributed by atoms with van der Waals surface area (Å²) in [6.45, 7) is 0.544. The Kier molecular flexibility index (Phi) is 4.04. The van der Waals surface area contributed by atoms with Crippen LogP contribution >= 0.6 is 0 Å². The van der Waals surface area contributed by atoms with Gasteiger partial charge in [0.05, 0.1) is 16.8 Å². The second kappa shape index (κ2) is 5.90. The Morgan fingerprint density at radius 1 is 1.33 bits per heavy atom. The van der Waals surface area contributed by atoms with Crippen LogP contribution in [0.25, 0.3) is 0 Å². The molecule has 2 aromatic rings. The predicted octanol–water partition coefficient (Wildman–Crippen LogP) is 2.07. The van der Waals surface area contributed by atoms with E-state index in [1.165, 1.54) is 0 Å². The van der Waals surface area contributed by atoms with Gasteiger partial charge in [-0.25, -0.2) is 9.37 Å². The van der Waals surface area contributed by atoms with E-state index in [1.54, 1.807) is 4.90 Å². The molecule has 3 rings (SSSR count). The topological polar surface area (TPSA) is 75.0 Å². The third-order valence-corrected chi connectivity index (χ3v) is 3.94. The van der Waals surface area contributed by atoms with Gasteiger partial charge in [0, 0.05) is 26.1 Å². The van der Waals surface area contributed by atoms with Gasteiger partial charge in [-0.15, -0.1) is 0 Å². The molecule has 1 aromatic carbocycles. The Bertz CT molecular complexity index is 831. The molecule has 0 bridgehead atoms. The number of aromatic nitrogens is 2. The van der Waals surface area contributed by atoms with E-state index >= 15 is 0 Å². The fraction of sp³-hybridized carbons (Fsp3) is 0.333. The Labute approximate surface area is 134 Å². The minimum atomic E-state index is -4.64. The van der Waals surface area contributed by atoms with Crippen molar-refractivity contribution in [1.29, 1.82) is 0 Å². The first kappa shape index (κ1) is 16.4. The van der Waals surface area contributed by atoms with Crippen molar-refractivity contribution in [3.8, 4) is 0 Å². The Hall–Kier alpha value is -2.42. The molecule has 1 aliphatic rings. The Morgan fingerprint density at radius 3 is 2.79 bits per heavy atom. The molecule has 0 atom stereocenters. The van der Waals surface area contributed by atoms with Crippen LogP contribution in [0.1, 0.15) is 22.4 Å². The zero-order valence-electron chi connectivity index (χ0n) is 12.5. The number of nitrogens with zero attached hydrogens (tertiary/aromatic N) is 2. The van der Waals surface area contributed by atoms with Gasteiger partial charge in [-0.2, -0.15) is 13.2 Å². The number of rotatable bonds is 2. The van der Waals surface area contributed by atoms with Crippen LogP contribution in [0.2, 0.25) is 0 Å². The van der Waals surface area contributed by atoms with Gasteiger partial charge in [0.25, 0.3) is 5.56 Å². The van der Waals surface area contributed by atoms with Crippen LogP contribution in [0.15, 0.2) is 23.0 Å². The van der Waals surface area contributed by atoms with Gasteiger partial charge < -0.3 is 5.73 Å². The number of hydrogen-bond donors (Lipinski definition) is 2. The van der Waals surface area contributed by atoms with Crippen molar-refractivity contribution in [3.63, 3.8) is 0 Å². The number of benzene rings is 1. The molecule has 2 heterocycles. The summed E-state index contributed by atoms with van der Waals surface area (Å²) < 4.78 is 52.4. The largest absolute Gasteiger partial charge is 0.416 e. The third kappa shape index (κ3) is 3.25. The maximum absolute atomic E-state index is 13.2. The SMILES string of the molecule is Nc1nc2c(c(=O)[nH]1)CN(Cc1ccc(F)cc1C(F)(F)F)CC2. The normalized spacial score (nSPS) is 15.3. The Morgan fingerprint density at radius 2 is 2.08 bits per heavy atom. The molecule has 0 saturated heterocycles. The summed E-state index contributed by atoms with van der Waals surface area (Å²) in [5.41, 5.74) is 5.01. The van der Waals surface area contributed by atoms with E-state index in [-0.39, 0.29) is 24.6 Å². The standard InChI is InChI=1S/C15H14F4N4O/c16-9-2-1-8(11(5-9)15(17,18)19)6-23-4-3-12-10(7-23)13(24)22-14(20)21-12/h1-2,5H,3-4,6-7H2,(H3,20,21,22,24). The highest BCUT2D eigenvalue weighted by atomic mass is 19.4. The zero-order valence-corrected chi connectivity index (χ0v) is 12.5. The fourth-order valence-corrected chi connectivity index (χ4v) is 2.83. The van der Waals surface area contributed by atoms with E-state index in [4.69, 9.17) is 5.73 Å². The average Bonchev–Trinajstić information content (AvgIpc) is 2.48. The number of alkyl halides is 3. The number of hydrogen-bond acceptors (Lipinski definition) is 4. The summed E-state index contributed by atoms with van der Waals surface area (Å²) in [6.07, 6.45) is -4.23. The van der Waals surface area contributed by atoms with Crippen molar-refractivity contribution in [2.75, 3.05) is 12.3 Å². The molecule has 0 fully saturated rings. The molecular formula is C15H14F4N4O. The third-order valence-electron chi connectivity index (χ3n) is 3.94.